The van der Waals surface area contributed by atoms with Gasteiger partial charge in [-0.25, -0.2) is 0 Å². The smallest absolute Gasteiger partial charge is 0.255 e. The van der Waals surface area contributed by atoms with Gasteiger partial charge in [-0.05, 0) is 72.8 Å². The van der Waals surface area contributed by atoms with E-state index in [2.05, 4.69) is 29.9 Å². The third-order valence-electron chi connectivity index (χ3n) is 4.78. The van der Waals surface area contributed by atoms with Crippen molar-refractivity contribution >= 4 is 0 Å². The summed E-state index contributed by atoms with van der Waals surface area (Å²) in [5.74, 6) is 0. The average molecular weight is 607 g/mol. The topological polar surface area (TPSA) is 77.3 Å². The second-order valence-electron chi connectivity index (χ2n) is 7.29. The molecule has 0 N–H and O–H groups in total. The second-order valence-corrected chi connectivity index (χ2v) is 7.29. The maximum absolute atomic E-state index is 4.19. The number of hydrogen-bond acceptors (Lipinski definition) is 6. The molecule has 0 saturated heterocycles. The molecule has 7 heteroatoms. The van der Waals surface area contributed by atoms with E-state index in [4.69, 9.17) is 0 Å². The Morgan fingerprint density at radius 2 is 0.405 bits per heavy atom. The summed E-state index contributed by atoms with van der Waals surface area (Å²) in [5, 5.41) is 0. The largest absolute Gasteiger partial charge is 3.00 e. The van der Waals surface area contributed by atoms with Gasteiger partial charge < -0.3 is 0 Å². The van der Waals surface area contributed by atoms with Crippen molar-refractivity contribution in [3.8, 4) is 34.2 Å². The summed E-state index contributed by atoms with van der Waals surface area (Å²) in [6.45, 7) is 0. The molecule has 6 heterocycles. The van der Waals surface area contributed by atoms with Gasteiger partial charge in [0.25, 0.3) is 0 Å². The fourth-order valence-electron chi connectivity index (χ4n) is 3.09. The fraction of sp³-hybridized carbons (Fsp3) is 0. The summed E-state index contributed by atoms with van der Waals surface area (Å²) in [6.07, 6.45) is 10.6. The van der Waals surface area contributed by atoms with Crippen LogP contribution in [0.5, 0.6) is 0 Å². The van der Waals surface area contributed by atoms with Crippen molar-refractivity contribution in [3.63, 3.8) is 0 Å². The van der Waals surface area contributed by atoms with Crippen molar-refractivity contribution in [1.82, 2.24) is 29.9 Å². The van der Waals surface area contributed by atoms with E-state index in [1.165, 1.54) is 0 Å². The Morgan fingerprint density at radius 3 is 0.514 bits per heavy atom. The van der Waals surface area contributed by atoms with E-state index in [0.717, 1.165) is 34.2 Å². The molecule has 174 valence electrons. The molecule has 0 aliphatic heterocycles. The molecule has 0 amide bonds. The summed E-state index contributed by atoms with van der Waals surface area (Å²) in [6, 6.07) is 34.8. The molecule has 0 bridgehead atoms. The number of aromatic nitrogens is 6. The van der Waals surface area contributed by atoms with E-state index in [9.17, 15) is 0 Å². The molecular weight excluding hydrogens is 583 g/mol. The Morgan fingerprint density at radius 1 is 0.243 bits per heavy atom. The Balaban J connectivity index is 0.000000152. The van der Waals surface area contributed by atoms with Gasteiger partial charge in [-0.15, -0.1) is 0 Å². The maximum Gasteiger partial charge on any atom is 3.00 e. The molecule has 0 spiro atoms. The van der Waals surface area contributed by atoms with Crippen LogP contribution >= 0.6 is 0 Å². The maximum atomic E-state index is 4.19. The van der Waals surface area contributed by atoms with E-state index in [1.807, 2.05) is 109 Å². The van der Waals surface area contributed by atoms with Gasteiger partial charge in [-0.3, -0.25) is 29.9 Å². The minimum atomic E-state index is 0. The molecule has 37 heavy (non-hydrogen) atoms. The van der Waals surface area contributed by atoms with Crippen LogP contribution < -0.4 is 0 Å². The van der Waals surface area contributed by atoms with Crippen LogP contribution in [0.4, 0.5) is 0 Å². The zero-order valence-corrected chi connectivity index (χ0v) is 23.7. The van der Waals surface area contributed by atoms with Crippen LogP contribution in [-0.4, -0.2) is 29.9 Å². The quantitative estimate of drug-likeness (QED) is 0.231. The van der Waals surface area contributed by atoms with Crippen molar-refractivity contribution in [2.45, 2.75) is 0 Å². The summed E-state index contributed by atoms with van der Waals surface area (Å²) in [4.78, 5) is 25.1. The Kier molecular flexibility index (Phi) is 11.9. The van der Waals surface area contributed by atoms with Crippen molar-refractivity contribution in [3.05, 3.63) is 146 Å². The molecule has 0 saturated carbocycles. The third-order valence-corrected chi connectivity index (χ3v) is 4.78. The van der Waals surface area contributed by atoms with E-state index in [1.54, 1.807) is 37.2 Å². The average Bonchev–Trinajstić information content (AvgIpc) is 3.01. The van der Waals surface area contributed by atoms with Gasteiger partial charge in [-0.1, -0.05) is 36.4 Å². The van der Waals surface area contributed by atoms with Gasteiger partial charge in [0.15, 0.2) is 0 Å². The number of rotatable bonds is 3. The summed E-state index contributed by atoms with van der Waals surface area (Å²) >= 11 is 0. The summed E-state index contributed by atoms with van der Waals surface area (Å²) < 4.78 is 0. The Bertz CT molecular complexity index is 1100. The monoisotopic (exact) mass is 607 g/mol. The number of nitrogens with zero attached hydrogens (tertiary/aromatic N) is 6. The summed E-state index contributed by atoms with van der Waals surface area (Å²) in [5.41, 5.74) is 5.49. The van der Waals surface area contributed by atoms with Crippen LogP contribution in [0.25, 0.3) is 34.2 Å². The minimum absolute atomic E-state index is 0. The van der Waals surface area contributed by atoms with Gasteiger partial charge in [0.05, 0.1) is 34.2 Å². The molecule has 6 rings (SSSR count). The molecule has 0 aliphatic carbocycles. The van der Waals surface area contributed by atoms with Gasteiger partial charge in [-0.2, -0.15) is 0 Å². The fourth-order valence-corrected chi connectivity index (χ4v) is 3.09. The predicted octanol–water partition coefficient (Wildman–Crippen LogP) is 6.43. The first-order valence-corrected chi connectivity index (χ1v) is 11.4. The standard InChI is InChI=1S/3C10H8N2.La/c3*1-3-7-11-9(5-1)10-6-2-4-8-12-10;/h3*1-8H;/q;;;+3. The van der Waals surface area contributed by atoms with Crippen molar-refractivity contribution in [2.75, 3.05) is 0 Å². The van der Waals surface area contributed by atoms with E-state index < -0.39 is 0 Å². The molecule has 6 aromatic rings. The second kappa shape index (κ2) is 16.0. The first-order chi connectivity index (χ1) is 17.9. The molecule has 0 aliphatic rings. The molecule has 0 radical (unpaired) electrons. The molecule has 6 nitrogen and oxygen atoms in total. The van der Waals surface area contributed by atoms with Crippen LogP contribution in [0.15, 0.2) is 146 Å². The van der Waals surface area contributed by atoms with Crippen LogP contribution in [-0.2, 0) is 0 Å². The van der Waals surface area contributed by atoms with Gasteiger partial charge >= 0.3 is 35.6 Å². The van der Waals surface area contributed by atoms with Gasteiger partial charge in [0, 0.05) is 37.2 Å². The van der Waals surface area contributed by atoms with E-state index >= 15 is 0 Å². The van der Waals surface area contributed by atoms with Gasteiger partial charge in [0.2, 0.25) is 0 Å². The molecule has 0 aromatic carbocycles. The van der Waals surface area contributed by atoms with E-state index in [-0.39, 0.29) is 35.6 Å². The third kappa shape index (κ3) is 9.24. The van der Waals surface area contributed by atoms with Crippen molar-refractivity contribution in [1.29, 1.82) is 0 Å². The molecule has 0 unspecified atom stereocenters. The normalized spacial score (nSPS) is 9.41. The summed E-state index contributed by atoms with van der Waals surface area (Å²) in [7, 11) is 0. The van der Waals surface area contributed by atoms with Crippen LogP contribution in [0.2, 0.25) is 0 Å². The number of hydrogen-bond donors (Lipinski definition) is 0. The van der Waals surface area contributed by atoms with Crippen LogP contribution in [0.3, 0.4) is 0 Å². The zero-order chi connectivity index (χ0) is 24.7. The van der Waals surface area contributed by atoms with Crippen LogP contribution in [0.1, 0.15) is 0 Å². The zero-order valence-electron chi connectivity index (χ0n) is 20.1. The van der Waals surface area contributed by atoms with Crippen LogP contribution in [0, 0.1) is 35.6 Å². The molecular formula is C30H24LaN6+3. The predicted molar refractivity (Wildman–Crippen MR) is 142 cm³/mol. The molecule has 0 fully saturated rings. The SMILES string of the molecule is [La+3].c1ccc(-c2ccccn2)nc1.c1ccc(-c2ccccn2)nc1.c1ccc(-c2ccccn2)nc1. The Labute approximate surface area is 244 Å². The molecule has 6 aromatic heterocycles. The minimum Gasteiger partial charge on any atom is -0.255 e. The first kappa shape index (κ1) is 27.7. The number of pyridine rings is 6. The molecule has 0 atom stereocenters. The van der Waals surface area contributed by atoms with Gasteiger partial charge in [0.1, 0.15) is 0 Å². The van der Waals surface area contributed by atoms with Crippen molar-refractivity contribution in [2.24, 2.45) is 0 Å². The first-order valence-electron chi connectivity index (χ1n) is 11.4. The van der Waals surface area contributed by atoms with E-state index in [0.29, 0.717) is 0 Å². The van der Waals surface area contributed by atoms with Crippen molar-refractivity contribution < 1.29 is 35.6 Å². The Hall–Kier alpha value is -3.91.